The third-order valence-electron chi connectivity index (χ3n) is 3.18. The van der Waals surface area contributed by atoms with Crippen LogP contribution in [0.5, 0.6) is 5.75 Å². The van der Waals surface area contributed by atoms with Gasteiger partial charge in [-0.25, -0.2) is 9.59 Å². The van der Waals surface area contributed by atoms with Crippen LogP contribution in [0.15, 0.2) is 42.5 Å². The molecule has 4 nitrogen and oxygen atoms in total. The van der Waals surface area contributed by atoms with Gasteiger partial charge in [0.1, 0.15) is 5.75 Å². The van der Waals surface area contributed by atoms with E-state index < -0.39 is 11.9 Å². The van der Waals surface area contributed by atoms with Gasteiger partial charge in [-0.2, -0.15) is 0 Å². The Bertz CT molecular complexity index is 753. The molecule has 0 unspecified atom stereocenters. The molecule has 0 fully saturated rings. The second-order valence-electron chi connectivity index (χ2n) is 5.05. The molecule has 118 valence electrons. The van der Waals surface area contributed by atoms with Crippen LogP contribution < -0.4 is 4.74 Å². The lowest BCUT2D eigenvalue weighted by Crippen LogP contribution is -2.10. The molecule has 0 saturated carbocycles. The standard InChI is InChI=1S/C18H15ClO4/c1-11-9-13(3-8-16(20)21)10-12(2)17(11)23-18(22)14-4-6-15(19)7-5-14/h3-10H,1-2H3,(H,20,21)/b8-3+. The number of rotatable bonds is 4. The molecule has 1 N–H and O–H groups in total. The number of halogens is 1. The fourth-order valence-corrected chi connectivity index (χ4v) is 2.27. The Morgan fingerprint density at radius 3 is 2.17 bits per heavy atom. The molecular weight excluding hydrogens is 316 g/mol. The minimum Gasteiger partial charge on any atom is -0.478 e. The maximum Gasteiger partial charge on any atom is 0.343 e. The summed E-state index contributed by atoms with van der Waals surface area (Å²) in [4.78, 5) is 22.7. The molecule has 0 atom stereocenters. The van der Waals surface area contributed by atoms with Gasteiger partial charge in [0, 0.05) is 11.1 Å². The highest BCUT2D eigenvalue weighted by molar-refractivity contribution is 6.30. The number of carboxylic acid groups (broad SMARTS) is 1. The number of carbonyl (C=O) groups excluding carboxylic acids is 1. The average Bonchev–Trinajstić information content (AvgIpc) is 2.49. The molecule has 0 saturated heterocycles. The monoisotopic (exact) mass is 330 g/mol. The summed E-state index contributed by atoms with van der Waals surface area (Å²) in [5.74, 6) is -1.02. The molecular formula is C18H15ClO4. The molecule has 0 radical (unpaired) electrons. The van der Waals surface area contributed by atoms with Gasteiger partial charge in [0.2, 0.25) is 0 Å². The van der Waals surface area contributed by atoms with Crippen molar-refractivity contribution in [3.05, 3.63) is 69.8 Å². The topological polar surface area (TPSA) is 63.6 Å². The van der Waals surface area contributed by atoms with E-state index in [0.29, 0.717) is 16.3 Å². The summed E-state index contributed by atoms with van der Waals surface area (Å²) < 4.78 is 5.46. The molecule has 5 heteroatoms. The molecule has 23 heavy (non-hydrogen) atoms. The largest absolute Gasteiger partial charge is 0.478 e. The summed E-state index contributed by atoms with van der Waals surface area (Å²) >= 11 is 5.80. The zero-order valence-corrected chi connectivity index (χ0v) is 13.4. The number of ether oxygens (including phenoxy) is 1. The van der Waals surface area contributed by atoms with Crippen molar-refractivity contribution >= 4 is 29.6 Å². The summed E-state index contributed by atoms with van der Waals surface area (Å²) in [5, 5.41) is 9.21. The van der Waals surface area contributed by atoms with Crippen molar-refractivity contribution < 1.29 is 19.4 Å². The Hall–Kier alpha value is -2.59. The number of carboxylic acids is 1. The fraction of sp³-hybridized carbons (Fsp3) is 0.111. The van der Waals surface area contributed by atoms with Crippen LogP contribution in [0.2, 0.25) is 5.02 Å². The zero-order chi connectivity index (χ0) is 17.0. The van der Waals surface area contributed by atoms with Crippen molar-refractivity contribution in [2.75, 3.05) is 0 Å². The Morgan fingerprint density at radius 2 is 1.65 bits per heavy atom. The maximum absolute atomic E-state index is 12.2. The number of hydrogen-bond acceptors (Lipinski definition) is 3. The number of aliphatic carboxylic acids is 1. The smallest absolute Gasteiger partial charge is 0.343 e. The van der Waals surface area contributed by atoms with Crippen LogP contribution in [0.3, 0.4) is 0 Å². The van der Waals surface area contributed by atoms with Crippen LogP contribution in [0.4, 0.5) is 0 Å². The first-order valence-corrected chi connectivity index (χ1v) is 7.24. The predicted molar refractivity (Wildman–Crippen MR) is 89.0 cm³/mol. The van der Waals surface area contributed by atoms with Gasteiger partial charge in [-0.3, -0.25) is 0 Å². The normalized spacial score (nSPS) is 10.7. The first-order chi connectivity index (χ1) is 10.9. The van der Waals surface area contributed by atoms with Crippen molar-refractivity contribution in [1.82, 2.24) is 0 Å². The van der Waals surface area contributed by atoms with E-state index in [1.807, 2.05) is 0 Å². The van der Waals surface area contributed by atoms with E-state index in [0.717, 1.165) is 22.8 Å². The minimum atomic E-state index is -1.02. The predicted octanol–water partition coefficient (Wildman–Crippen LogP) is 4.27. The van der Waals surface area contributed by atoms with Gasteiger partial charge in [-0.05, 0) is 73.0 Å². The van der Waals surface area contributed by atoms with Gasteiger partial charge in [0.05, 0.1) is 5.56 Å². The molecule has 0 aromatic heterocycles. The van der Waals surface area contributed by atoms with Gasteiger partial charge < -0.3 is 9.84 Å². The number of esters is 1. The lowest BCUT2D eigenvalue weighted by molar-refractivity contribution is -0.131. The van der Waals surface area contributed by atoms with E-state index in [1.165, 1.54) is 6.08 Å². The number of hydrogen-bond donors (Lipinski definition) is 1. The maximum atomic E-state index is 12.2. The molecule has 2 aromatic carbocycles. The lowest BCUT2D eigenvalue weighted by atomic mass is 10.1. The van der Waals surface area contributed by atoms with Gasteiger partial charge in [0.15, 0.2) is 0 Å². The molecule has 0 spiro atoms. The highest BCUT2D eigenvalue weighted by atomic mass is 35.5. The number of aryl methyl sites for hydroxylation is 2. The van der Waals surface area contributed by atoms with Gasteiger partial charge in [-0.1, -0.05) is 11.6 Å². The lowest BCUT2D eigenvalue weighted by Gasteiger charge is -2.12. The molecule has 0 aliphatic carbocycles. The number of benzene rings is 2. The molecule has 0 aliphatic heterocycles. The van der Waals surface area contributed by atoms with E-state index in [4.69, 9.17) is 21.4 Å². The van der Waals surface area contributed by atoms with Crippen LogP contribution in [0.25, 0.3) is 6.08 Å². The molecule has 0 bridgehead atoms. The quantitative estimate of drug-likeness (QED) is 0.516. The second kappa shape index (κ2) is 7.11. The summed E-state index contributed by atoms with van der Waals surface area (Å²) in [7, 11) is 0. The van der Waals surface area contributed by atoms with Crippen LogP contribution in [-0.2, 0) is 4.79 Å². The second-order valence-corrected chi connectivity index (χ2v) is 5.49. The summed E-state index contributed by atoms with van der Waals surface area (Å²) in [6.45, 7) is 3.60. The zero-order valence-electron chi connectivity index (χ0n) is 12.7. The van der Waals surface area contributed by atoms with E-state index in [9.17, 15) is 9.59 Å². The SMILES string of the molecule is Cc1cc(/C=C/C(=O)O)cc(C)c1OC(=O)c1ccc(Cl)cc1. The molecule has 2 rings (SSSR count). The van der Waals surface area contributed by atoms with Crippen LogP contribution in [0.1, 0.15) is 27.0 Å². The van der Waals surface area contributed by atoms with E-state index in [2.05, 4.69) is 0 Å². The summed E-state index contributed by atoms with van der Waals surface area (Å²) in [5.41, 5.74) is 2.63. The van der Waals surface area contributed by atoms with E-state index >= 15 is 0 Å². The molecule has 0 heterocycles. The van der Waals surface area contributed by atoms with Crippen molar-refractivity contribution in [1.29, 1.82) is 0 Å². The van der Waals surface area contributed by atoms with Crippen molar-refractivity contribution in [2.24, 2.45) is 0 Å². The van der Waals surface area contributed by atoms with Crippen molar-refractivity contribution in [3.63, 3.8) is 0 Å². The third-order valence-corrected chi connectivity index (χ3v) is 3.43. The highest BCUT2D eigenvalue weighted by Crippen LogP contribution is 2.26. The van der Waals surface area contributed by atoms with Gasteiger partial charge >= 0.3 is 11.9 Å². The number of carbonyl (C=O) groups is 2. The van der Waals surface area contributed by atoms with Crippen LogP contribution >= 0.6 is 11.6 Å². The fourth-order valence-electron chi connectivity index (χ4n) is 2.15. The minimum absolute atomic E-state index is 0.406. The summed E-state index contributed by atoms with van der Waals surface area (Å²) in [6.07, 6.45) is 2.56. The molecule has 2 aromatic rings. The summed E-state index contributed by atoms with van der Waals surface area (Å²) in [6, 6.07) is 9.96. The average molecular weight is 331 g/mol. The van der Waals surface area contributed by atoms with Crippen molar-refractivity contribution in [2.45, 2.75) is 13.8 Å². The van der Waals surface area contributed by atoms with E-state index in [1.54, 1.807) is 50.2 Å². The molecule has 0 amide bonds. The Kier molecular flexibility index (Phi) is 5.19. The van der Waals surface area contributed by atoms with Gasteiger partial charge in [0.25, 0.3) is 0 Å². The van der Waals surface area contributed by atoms with Gasteiger partial charge in [-0.15, -0.1) is 0 Å². The van der Waals surface area contributed by atoms with Crippen molar-refractivity contribution in [3.8, 4) is 5.75 Å². The Morgan fingerprint density at radius 1 is 1.09 bits per heavy atom. The molecule has 0 aliphatic rings. The highest BCUT2D eigenvalue weighted by Gasteiger charge is 2.13. The first kappa shape index (κ1) is 16.8. The van der Waals surface area contributed by atoms with E-state index in [-0.39, 0.29) is 0 Å². The Labute approximate surface area is 139 Å². The first-order valence-electron chi connectivity index (χ1n) is 6.87. The van der Waals surface area contributed by atoms with Crippen LogP contribution in [0, 0.1) is 13.8 Å². The Balaban J connectivity index is 2.24. The van der Waals surface area contributed by atoms with Crippen LogP contribution in [-0.4, -0.2) is 17.0 Å². The third kappa shape index (κ3) is 4.44.